The largest absolute Gasteiger partial charge is 0.337 e. The normalized spacial score (nSPS) is 16.8. The fraction of sp³-hybridized carbons (Fsp3) is 0.333. The number of amides is 1. The quantitative estimate of drug-likeness (QED) is 0.217. The lowest BCUT2D eigenvalue weighted by Crippen LogP contribution is -2.37. The fourth-order valence-electron chi connectivity index (χ4n) is 5.75. The molecule has 7 nitrogen and oxygen atoms in total. The van der Waals surface area contributed by atoms with E-state index in [1.807, 2.05) is 49.0 Å². The van der Waals surface area contributed by atoms with E-state index >= 15 is 0 Å². The molecule has 0 saturated heterocycles. The molecule has 1 heterocycles. The van der Waals surface area contributed by atoms with E-state index in [0.717, 1.165) is 23.1 Å². The molecule has 0 fully saturated rings. The van der Waals surface area contributed by atoms with E-state index in [1.54, 1.807) is 29.3 Å². The maximum atomic E-state index is 13.9. The van der Waals surface area contributed by atoms with Crippen LogP contribution in [0.15, 0.2) is 84.0 Å². The van der Waals surface area contributed by atoms with Gasteiger partial charge in [-0.15, -0.1) is 0 Å². The van der Waals surface area contributed by atoms with Gasteiger partial charge in [0.1, 0.15) is 11.6 Å². The van der Waals surface area contributed by atoms with Crippen molar-refractivity contribution in [3.05, 3.63) is 112 Å². The summed E-state index contributed by atoms with van der Waals surface area (Å²) in [6.07, 6.45) is 5.03. The minimum absolute atomic E-state index is 0.0976. The average Bonchev–Trinajstić information content (AvgIpc) is 3.37. The zero-order valence-electron chi connectivity index (χ0n) is 24.7. The van der Waals surface area contributed by atoms with E-state index in [-0.39, 0.29) is 40.9 Å². The molecule has 2 atom stereocenters. The van der Waals surface area contributed by atoms with Crippen LogP contribution in [0.5, 0.6) is 0 Å². The number of sulfonamides is 1. The summed E-state index contributed by atoms with van der Waals surface area (Å²) < 4.78 is 45.5. The van der Waals surface area contributed by atoms with Gasteiger partial charge in [-0.1, -0.05) is 56.6 Å². The van der Waals surface area contributed by atoms with Gasteiger partial charge in [-0.2, -0.15) is 0 Å². The van der Waals surface area contributed by atoms with E-state index in [2.05, 4.69) is 23.6 Å². The van der Waals surface area contributed by atoms with Gasteiger partial charge in [0.15, 0.2) is 0 Å². The molecule has 1 aliphatic carbocycles. The summed E-state index contributed by atoms with van der Waals surface area (Å²) in [7, 11) is -2.00. The molecule has 1 N–H and O–H groups in total. The van der Waals surface area contributed by atoms with Crippen molar-refractivity contribution in [1.82, 2.24) is 14.3 Å². The van der Waals surface area contributed by atoms with Crippen molar-refractivity contribution in [2.75, 3.05) is 4.90 Å². The molecule has 0 saturated carbocycles. The topological polar surface area (TPSA) is 84.3 Å². The number of aryl methyl sites for hydroxylation is 1. The third-order valence-corrected chi connectivity index (χ3v) is 10.0. The first-order valence-corrected chi connectivity index (χ1v) is 16.1. The van der Waals surface area contributed by atoms with Crippen molar-refractivity contribution in [1.29, 1.82) is 0 Å². The first kappa shape index (κ1) is 30.9. The lowest BCUT2D eigenvalue weighted by Gasteiger charge is -2.38. The predicted molar refractivity (Wildman–Crippen MR) is 167 cm³/mol. The summed E-state index contributed by atoms with van der Waals surface area (Å²) in [5.41, 5.74) is 3.05. The smallest absolute Gasteiger partial charge is 0.241 e. The van der Waals surface area contributed by atoms with Crippen molar-refractivity contribution < 1.29 is 17.6 Å². The molecule has 1 amide bonds. The second-order valence-electron chi connectivity index (χ2n) is 11.9. The van der Waals surface area contributed by atoms with Crippen molar-refractivity contribution in [3.63, 3.8) is 0 Å². The van der Waals surface area contributed by atoms with Crippen LogP contribution < -0.4 is 9.62 Å². The Labute approximate surface area is 257 Å². The molecule has 3 aromatic carbocycles. The van der Waals surface area contributed by atoms with Gasteiger partial charge in [-0.3, -0.25) is 4.79 Å². The summed E-state index contributed by atoms with van der Waals surface area (Å²) in [6.45, 7) is 6.41. The van der Waals surface area contributed by atoms with Crippen LogP contribution in [0, 0.1) is 5.82 Å². The van der Waals surface area contributed by atoms with Crippen LogP contribution in [-0.2, 0) is 33.8 Å². The first-order valence-electron chi connectivity index (χ1n) is 14.3. The summed E-state index contributed by atoms with van der Waals surface area (Å²) in [5.74, 6) is -0.0139. The summed E-state index contributed by atoms with van der Waals surface area (Å²) in [5, 5.41) is 0.339. The monoisotopic (exact) mass is 622 g/mol. The Bertz CT molecular complexity index is 1750. The van der Waals surface area contributed by atoms with Crippen LogP contribution in [-0.4, -0.2) is 23.9 Å². The molecule has 4 aromatic rings. The number of nitrogens with zero attached hydrogens (tertiary/aromatic N) is 3. The highest BCUT2D eigenvalue weighted by atomic mass is 35.5. The number of benzene rings is 3. The third-order valence-electron chi connectivity index (χ3n) is 8.33. The van der Waals surface area contributed by atoms with Gasteiger partial charge in [0.2, 0.25) is 15.9 Å². The number of carbonyl (C=O) groups is 1. The van der Waals surface area contributed by atoms with Crippen LogP contribution in [0.4, 0.5) is 10.1 Å². The minimum Gasteiger partial charge on any atom is -0.337 e. The van der Waals surface area contributed by atoms with Crippen molar-refractivity contribution in [2.24, 2.45) is 7.05 Å². The molecule has 0 bridgehead atoms. The van der Waals surface area contributed by atoms with Crippen LogP contribution in [0.2, 0.25) is 5.02 Å². The molecular formula is C33H36ClFN4O3S. The van der Waals surface area contributed by atoms with Gasteiger partial charge < -0.3 is 9.47 Å². The van der Waals surface area contributed by atoms with Crippen molar-refractivity contribution in [3.8, 4) is 0 Å². The molecule has 0 unspecified atom stereocenters. The number of aromatic nitrogens is 2. The second kappa shape index (κ2) is 12.2. The molecule has 0 spiro atoms. The standard InChI is InChI=1S/C33H36ClFN4O3S/c1-22(23-7-5-9-25(35)18-23)17-32(40)39(21-31-36-15-16-38(31)4)26-11-12-29-28(20-26)30(13-14-33(29,2)3)37-43(41,42)27-10-6-8-24(34)19-27/h5-12,15-16,18-20,22,30,37H,13-14,17,21H2,1-4H3/t22-,30-/m0/s1. The van der Waals surface area contributed by atoms with Gasteiger partial charge in [-0.25, -0.2) is 22.5 Å². The van der Waals surface area contributed by atoms with Gasteiger partial charge in [0, 0.05) is 42.6 Å². The Kier molecular flexibility index (Phi) is 8.79. The highest BCUT2D eigenvalue weighted by Gasteiger charge is 2.36. The third kappa shape index (κ3) is 6.84. The Hall–Kier alpha value is -3.53. The van der Waals surface area contributed by atoms with E-state index in [9.17, 15) is 17.6 Å². The highest BCUT2D eigenvalue weighted by Crippen LogP contribution is 2.44. The maximum absolute atomic E-state index is 13.9. The van der Waals surface area contributed by atoms with Crippen molar-refractivity contribution in [2.45, 2.75) is 68.8 Å². The maximum Gasteiger partial charge on any atom is 0.241 e. The van der Waals surface area contributed by atoms with Gasteiger partial charge in [0.25, 0.3) is 0 Å². The lowest BCUT2D eigenvalue weighted by atomic mass is 9.71. The fourth-order valence-corrected chi connectivity index (χ4v) is 7.30. The molecule has 1 aromatic heterocycles. The zero-order valence-corrected chi connectivity index (χ0v) is 26.3. The number of carbonyl (C=O) groups excluding carboxylic acids is 1. The molecular weight excluding hydrogens is 587 g/mol. The van der Waals surface area contributed by atoms with E-state index < -0.39 is 16.1 Å². The number of halogens is 2. The summed E-state index contributed by atoms with van der Waals surface area (Å²) >= 11 is 6.09. The molecule has 43 heavy (non-hydrogen) atoms. The van der Waals surface area contributed by atoms with Crippen LogP contribution in [0.3, 0.4) is 0 Å². The van der Waals surface area contributed by atoms with Crippen LogP contribution in [0.1, 0.15) is 74.5 Å². The molecule has 1 aliphatic rings. The molecule has 0 aliphatic heterocycles. The SMILES string of the molecule is C[C@@H](CC(=O)N(Cc1nccn1C)c1ccc2c(c1)[C@@H](NS(=O)(=O)c1cccc(Cl)c1)CCC2(C)C)c1cccc(F)c1. The number of hydrogen-bond acceptors (Lipinski definition) is 4. The average molecular weight is 623 g/mol. The molecule has 10 heteroatoms. The van der Waals surface area contributed by atoms with Crippen LogP contribution >= 0.6 is 11.6 Å². The Balaban J connectivity index is 1.52. The summed E-state index contributed by atoms with van der Waals surface area (Å²) in [4.78, 5) is 20.2. The Morgan fingerprint density at radius 1 is 1.16 bits per heavy atom. The Morgan fingerprint density at radius 2 is 1.93 bits per heavy atom. The Morgan fingerprint density at radius 3 is 2.63 bits per heavy atom. The number of fused-ring (bicyclic) bond motifs is 1. The second-order valence-corrected chi connectivity index (χ2v) is 14.1. The predicted octanol–water partition coefficient (Wildman–Crippen LogP) is 7.03. The van der Waals surface area contributed by atoms with E-state index in [0.29, 0.717) is 23.0 Å². The number of imidazole rings is 1. The van der Waals surface area contributed by atoms with E-state index in [1.165, 1.54) is 24.3 Å². The highest BCUT2D eigenvalue weighted by molar-refractivity contribution is 7.89. The van der Waals surface area contributed by atoms with E-state index in [4.69, 9.17) is 11.6 Å². The summed E-state index contributed by atoms with van der Waals surface area (Å²) in [6, 6.07) is 17.9. The zero-order chi connectivity index (χ0) is 30.9. The number of anilines is 1. The van der Waals surface area contributed by atoms with Crippen LogP contribution in [0.25, 0.3) is 0 Å². The van der Waals surface area contributed by atoms with Crippen molar-refractivity contribution >= 4 is 33.2 Å². The number of rotatable bonds is 9. The minimum atomic E-state index is -3.87. The number of nitrogens with one attached hydrogen (secondary N) is 1. The molecule has 5 rings (SSSR count). The number of hydrogen-bond donors (Lipinski definition) is 1. The van der Waals surface area contributed by atoms with Gasteiger partial charge in [0.05, 0.1) is 11.4 Å². The van der Waals surface area contributed by atoms with Gasteiger partial charge in [-0.05, 0) is 83.3 Å². The molecule has 0 radical (unpaired) electrons. The molecule has 226 valence electrons. The first-order chi connectivity index (χ1) is 20.3. The lowest BCUT2D eigenvalue weighted by molar-refractivity contribution is -0.119. The van der Waals surface area contributed by atoms with Gasteiger partial charge >= 0.3 is 0 Å².